The van der Waals surface area contributed by atoms with Crippen molar-refractivity contribution in [2.75, 3.05) is 25.9 Å². The molecule has 0 atom stereocenters. The second-order valence-electron chi connectivity index (χ2n) is 7.61. The maximum absolute atomic E-state index is 13.1. The first-order valence-electron chi connectivity index (χ1n) is 10.0. The molecule has 1 fully saturated rings. The molecule has 0 aromatic heterocycles. The second-order valence-corrected chi connectivity index (χ2v) is 10.2. The number of piperidine rings is 1. The summed E-state index contributed by atoms with van der Waals surface area (Å²) >= 11 is 1.43. The van der Waals surface area contributed by atoms with Gasteiger partial charge in [0.1, 0.15) is 5.82 Å². The molecule has 2 aromatic carbocycles. The summed E-state index contributed by atoms with van der Waals surface area (Å²) in [7, 11) is -3.76. The Balaban J connectivity index is 1.73. The number of benzene rings is 2. The van der Waals surface area contributed by atoms with Crippen LogP contribution in [0.4, 0.5) is 4.39 Å². The normalized spacial score (nSPS) is 15.4. The van der Waals surface area contributed by atoms with Crippen LogP contribution >= 0.6 is 11.8 Å². The van der Waals surface area contributed by atoms with E-state index in [9.17, 15) is 17.6 Å². The van der Waals surface area contributed by atoms with Crippen LogP contribution in [0, 0.1) is 11.7 Å². The molecule has 8 heteroatoms. The Labute approximate surface area is 182 Å². The minimum atomic E-state index is -3.76. The molecule has 1 heterocycles. The highest BCUT2D eigenvalue weighted by Crippen LogP contribution is 2.27. The van der Waals surface area contributed by atoms with E-state index in [1.807, 2.05) is 11.2 Å². The van der Waals surface area contributed by atoms with E-state index in [0.29, 0.717) is 31.0 Å². The van der Waals surface area contributed by atoms with Gasteiger partial charge in [-0.1, -0.05) is 19.1 Å². The summed E-state index contributed by atoms with van der Waals surface area (Å²) in [6.07, 6.45) is 4.24. The van der Waals surface area contributed by atoms with Gasteiger partial charge in [0.25, 0.3) is 5.91 Å². The van der Waals surface area contributed by atoms with Crippen LogP contribution in [0.2, 0.25) is 0 Å². The molecule has 1 aliphatic rings. The molecule has 0 bridgehead atoms. The minimum absolute atomic E-state index is 0.0770. The number of hydrogen-bond donors (Lipinski definition) is 1. The lowest BCUT2D eigenvalue weighted by Crippen LogP contribution is -2.38. The van der Waals surface area contributed by atoms with E-state index in [0.717, 1.165) is 23.3 Å². The second kappa shape index (κ2) is 9.94. The third-order valence-corrected chi connectivity index (χ3v) is 7.66. The SMILES string of the molecule is CSc1ccc(S(=O)(=O)NCCc2ccc(F)cc2)cc1C(=O)N1CCC(C)CC1. The van der Waals surface area contributed by atoms with Crippen molar-refractivity contribution in [2.24, 2.45) is 5.92 Å². The Hall–Kier alpha value is -1.90. The summed E-state index contributed by atoms with van der Waals surface area (Å²) in [5.41, 5.74) is 1.27. The van der Waals surface area contributed by atoms with E-state index < -0.39 is 10.0 Å². The summed E-state index contributed by atoms with van der Waals surface area (Å²) in [4.78, 5) is 15.7. The molecule has 162 valence electrons. The molecule has 1 aliphatic heterocycles. The van der Waals surface area contributed by atoms with Crippen molar-refractivity contribution in [3.05, 3.63) is 59.4 Å². The molecule has 0 radical (unpaired) electrons. The Morgan fingerprint density at radius 2 is 1.83 bits per heavy atom. The highest BCUT2D eigenvalue weighted by molar-refractivity contribution is 7.98. The predicted molar refractivity (Wildman–Crippen MR) is 118 cm³/mol. The number of likely N-dealkylation sites (tertiary alicyclic amines) is 1. The predicted octanol–water partition coefficient (Wildman–Crippen LogP) is 3.94. The molecule has 1 N–H and O–H groups in total. The Kier molecular flexibility index (Phi) is 7.55. The highest BCUT2D eigenvalue weighted by Gasteiger charge is 2.25. The fourth-order valence-corrected chi connectivity index (χ4v) is 5.10. The number of nitrogens with zero attached hydrogens (tertiary/aromatic N) is 1. The monoisotopic (exact) mass is 450 g/mol. The summed E-state index contributed by atoms with van der Waals surface area (Å²) in [5.74, 6) is 0.161. The number of halogens is 1. The van der Waals surface area contributed by atoms with Crippen LogP contribution in [-0.2, 0) is 16.4 Å². The molecule has 30 heavy (non-hydrogen) atoms. The van der Waals surface area contributed by atoms with Gasteiger partial charge in [-0.05, 0) is 67.3 Å². The topological polar surface area (TPSA) is 66.5 Å². The first kappa shape index (κ1) is 22.8. The Morgan fingerprint density at radius 3 is 2.47 bits per heavy atom. The van der Waals surface area contributed by atoms with Gasteiger partial charge in [-0.15, -0.1) is 11.8 Å². The van der Waals surface area contributed by atoms with Crippen LogP contribution in [0.15, 0.2) is 52.3 Å². The largest absolute Gasteiger partial charge is 0.339 e. The molecule has 0 saturated carbocycles. The first-order chi connectivity index (χ1) is 14.3. The van der Waals surface area contributed by atoms with Crippen LogP contribution in [0.25, 0.3) is 0 Å². The average molecular weight is 451 g/mol. The van der Waals surface area contributed by atoms with Crippen molar-refractivity contribution in [2.45, 2.75) is 36.0 Å². The number of rotatable bonds is 7. The summed E-state index contributed by atoms with van der Waals surface area (Å²) < 4.78 is 41.1. The fraction of sp³-hybridized carbons (Fsp3) is 0.409. The smallest absolute Gasteiger partial charge is 0.255 e. The highest BCUT2D eigenvalue weighted by atomic mass is 32.2. The van der Waals surface area contributed by atoms with Gasteiger partial charge in [-0.25, -0.2) is 17.5 Å². The molecule has 2 aromatic rings. The third-order valence-electron chi connectivity index (χ3n) is 5.40. The molecule has 1 saturated heterocycles. The van der Waals surface area contributed by atoms with E-state index in [2.05, 4.69) is 11.6 Å². The van der Waals surface area contributed by atoms with Gasteiger partial charge in [-0.3, -0.25) is 4.79 Å². The van der Waals surface area contributed by atoms with Crippen LogP contribution in [0.5, 0.6) is 0 Å². The van der Waals surface area contributed by atoms with E-state index >= 15 is 0 Å². The molecule has 5 nitrogen and oxygen atoms in total. The number of carbonyl (C=O) groups excluding carboxylic acids is 1. The van der Waals surface area contributed by atoms with Gasteiger partial charge < -0.3 is 4.90 Å². The van der Waals surface area contributed by atoms with Gasteiger partial charge in [-0.2, -0.15) is 0 Å². The number of amides is 1. The van der Waals surface area contributed by atoms with Gasteiger partial charge in [0, 0.05) is 24.5 Å². The van der Waals surface area contributed by atoms with Crippen LogP contribution < -0.4 is 4.72 Å². The number of thioether (sulfide) groups is 1. The number of hydrogen-bond acceptors (Lipinski definition) is 4. The van der Waals surface area contributed by atoms with Gasteiger partial charge >= 0.3 is 0 Å². The molecule has 1 amide bonds. The van der Waals surface area contributed by atoms with Crippen molar-refractivity contribution >= 4 is 27.7 Å². The van der Waals surface area contributed by atoms with Crippen molar-refractivity contribution in [3.8, 4) is 0 Å². The number of sulfonamides is 1. The third kappa shape index (κ3) is 5.62. The molecule has 0 spiro atoms. The summed E-state index contributed by atoms with van der Waals surface area (Å²) in [5, 5.41) is 0. The Morgan fingerprint density at radius 1 is 1.17 bits per heavy atom. The number of carbonyl (C=O) groups is 1. The zero-order valence-corrected chi connectivity index (χ0v) is 18.9. The Bertz CT molecular complexity index is 986. The number of nitrogens with one attached hydrogen (secondary N) is 1. The molecular formula is C22H27FN2O3S2. The minimum Gasteiger partial charge on any atom is -0.339 e. The summed E-state index contributed by atoms with van der Waals surface area (Å²) in [6, 6.07) is 10.7. The van der Waals surface area contributed by atoms with Crippen LogP contribution in [-0.4, -0.2) is 45.1 Å². The van der Waals surface area contributed by atoms with Crippen molar-refractivity contribution in [3.63, 3.8) is 0 Å². The zero-order valence-electron chi connectivity index (χ0n) is 17.2. The molecule has 0 unspecified atom stereocenters. The van der Waals surface area contributed by atoms with E-state index in [-0.39, 0.29) is 23.2 Å². The van der Waals surface area contributed by atoms with Crippen LogP contribution in [0.3, 0.4) is 0 Å². The standard InChI is InChI=1S/C22H27FN2O3S2/c1-16-10-13-25(14-11-16)22(26)20-15-19(7-8-21(20)29-2)30(27,28)24-12-9-17-3-5-18(23)6-4-17/h3-8,15-16,24H,9-14H2,1-2H3. The zero-order chi connectivity index (χ0) is 21.7. The lowest BCUT2D eigenvalue weighted by atomic mass is 9.98. The van der Waals surface area contributed by atoms with E-state index in [1.54, 1.807) is 18.2 Å². The van der Waals surface area contributed by atoms with Crippen molar-refractivity contribution in [1.82, 2.24) is 9.62 Å². The van der Waals surface area contributed by atoms with Gasteiger partial charge in [0.15, 0.2) is 0 Å². The fourth-order valence-electron chi connectivity index (χ4n) is 3.47. The lowest BCUT2D eigenvalue weighted by Gasteiger charge is -2.30. The lowest BCUT2D eigenvalue weighted by molar-refractivity contribution is 0.0693. The molecule has 3 rings (SSSR count). The van der Waals surface area contributed by atoms with Gasteiger partial charge in [0.2, 0.25) is 10.0 Å². The van der Waals surface area contributed by atoms with E-state index in [1.165, 1.54) is 36.0 Å². The molecule has 0 aliphatic carbocycles. The molecular weight excluding hydrogens is 423 g/mol. The summed E-state index contributed by atoms with van der Waals surface area (Å²) in [6.45, 7) is 3.76. The maximum atomic E-state index is 13.1. The quantitative estimate of drug-likeness (QED) is 0.649. The van der Waals surface area contributed by atoms with Crippen LogP contribution in [0.1, 0.15) is 35.7 Å². The van der Waals surface area contributed by atoms with Crippen molar-refractivity contribution in [1.29, 1.82) is 0 Å². The van der Waals surface area contributed by atoms with Crippen molar-refractivity contribution < 1.29 is 17.6 Å². The van der Waals surface area contributed by atoms with Gasteiger partial charge in [0.05, 0.1) is 10.5 Å². The first-order valence-corrected chi connectivity index (χ1v) is 12.7. The maximum Gasteiger partial charge on any atom is 0.255 e. The average Bonchev–Trinajstić information content (AvgIpc) is 2.74. The van der Waals surface area contributed by atoms with E-state index in [4.69, 9.17) is 0 Å².